The summed E-state index contributed by atoms with van der Waals surface area (Å²) in [6.45, 7) is 5.32. The minimum absolute atomic E-state index is 0. The van der Waals surface area contributed by atoms with E-state index in [2.05, 4.69) is 56.9 Å². The van der Waals surface area contributed by atoms with E-state index in [1.165, 1.54) is 5.69 Å². The Morgan fingerprint density at radius 3 is 2.88 bits per heavy atom. The predicted molar refractivity (Wildman–Crippen MR) is 142 cm³/mol. The first-order valence-corrected chi connectivity index (χ1v) is 11.4. The van der Waals surface area contributed by atoms with E-state index in [1.54, 1.807) is 6.26 Å². The van der Waals surface area contributed by atoms with Crippen LogP contribution in [0, 0.1) is 6.92 Å². The van der Waals surface area contributed by atoms with Crippen molar-refractivity contribution in [3.63, 3.8) is 0 Å². The Bertz CT molecular complexity index is 988. The van der Waals surface area contributed by atoms with Crippen LogP contribution in [-0.4, -0.2) is 47.4 Å². The van der Waals surface area contributed by atoms with E-state index in [0.717, 1.165) is 75.2 Å². The molecular weight excluding hydrogens is 529 g/mol. The molecule has 178 valence electrons. The number of hydrogen-bond donors (Lipinski definition) is 2. The largest absolute Gasteiger partial charge is 0.469 e. The van der Waals surface area contributed by atoms with Gasteiger partial charge in [-0.3, -0.25) is 4.99 Å². The van der Waals surface area contributed by atoms with Crippen molar-refractivity contribution < 1.29 is 4.42 Å². The van der Waals surface area contributed by atoms with Gasteiger partial charge in [-0.05, 0) is 50.5 Å². The summed E-state index contributed by atoms with van der Waals surface area (Å²) in [6, 6.07) is 14.5. The molecule has 1 unspecified atom stereocenters. The highest BCUT2D eigenvalue weighted by atomic mass is 127. The second-order valence-corrected chi connectivity index (χ2v) is 8.18. The fraction of sp³-hybridized carbons (Fsp3) is 0.458. The highest BCUT2D eigenvalue weighted by Crippen LogP contribution is 2.22. The highest BCUT2D eigenvalue weighted by molar-refractivity contribution is 14.0. The van der Waals surface area contributed by atoms with Gasteiger partial charge in [-0.1, -0.05) is 18.2 Å². The molecule has 0 amide bonds. The molecule has 3 aromatic rings. The van der Waals surface area contributed by atoms with Crippen LogP contribution in [0.15, 0.2) is 58.1 Å². The van der Waals surface area contributed by atoms with Crippen LogP contribution in [-0.2, 0) is 13.0 Å². The van der Waals surface area contributed by atoms with Crippen molar-refractivity contribution in [3.8, 4) is 0 Å². The number of para-hydroxylation sites is 1. The van der Waals surface area contributed by atoms with Gasteiger partial charge in [0.15, 0.2) is 5.96 Å². The second kappa shape index (κ2) is 12.6. The predicted octanol–water partition coefficient (Wildman–Crippen LogP) is 3.94. The number of aryl methyl sites for hydroxylation is 2. The molecule has 1 aliphatic rings. The average molecular weight is 563 g/mol. The summed E-state index contributed by atoms with van der Waals surface area (Å²) in [6.07, 6.45) is 5.59. The first-order valence-electron chi connectivity index (χ1n) is 11.4. The van der Waals surface area contributed by atoms with Crippen molar-refractivity contribution >= 4 is 35.6 Å². The third kappa shape index (κ3) is 7.21. The number of aromatic nitrogens is 3. The summed E-state index contributed by atoms with van der Waals surface area (Å²) in [4.78, 5) is 11.8. The maximum absolute atomic E-state index is 5.45. The first kappa shape index (κ1) is 25.1. The Morgan fingerprint density at radius 1 is 1.24 bits per heavy atom. The Morgan fingerprint density at radius 2 is 2.09 bits per heavy atom. The van der Waals surface area contributed by atoms with Crippen LogP contribution in [0.2, 0.25) is 0 Å². The lowest BCUT2D eigenvalue weighted by atomic mass is 10.1. The standard InChI is InChI=1S/C24H33N7O.HI/c1-19-27-23-22(12-6-17-31(23)29-19)28-24(26-15-13-21-11-7-18-32-21)25-14-8-16-30(2)20-9-4-3-5-10-20;/h3-5,7,9-11,18,22H,6,8,12-17H2,1-2H3,(H2,25,26,28);1H. The van der Waals surface area contributed by atoms with Gasteiger partial charge in [0.2, 0.25) is 0 Å². The lowest BCUT2D eigenvalue weighted by Gasteiger charge is -2.25. The first-order chi connectivity index (χ1) is 15.7. The molecule has 1 aliphatic heterocycles. The SMILES string of the molecule is Cc1nc2n(n1)CCCC2NC(=NCCCN(C)c1ccccc1)NCCc1ccco1.I. The number of furan rings is 1. The number of benzene rings is 1. The zero-order valence-corrected chi connectivity index (χ0v) is 21.7. The zero-order chi connectivity index (χ0) is 22.2. The number of guanidine groups is 1. The molecule has 0 aliphatic carbocycles. The highest BCUT2D eigenvalue weighted by Gasteiger charge is 2.24. The van der Waals surface area contributed by atoms with Crippen LogP contribution in [0.25, 0.3) is 0 Å². The second-order valence-electron chi connectivity index (χ2n) is 8.18. The summed E-state index contributed by atoms with van der Waals surface area (Å²) in [5.74, 6) is 3.60. The van der Waals surface area contributed by atoms with E-state index in [0.29, 0.717) is 0 Å². The molecule has 0 saturated carbocycles. The number of rotatable bonds is 9. The maximum Gasteiger partial charge on any atom is 0.191 e. The third-order valence-electron chi connectivity index (χ3n) is 5.65. The van der Waals surface area contributed by atoms with E-state index in [1.807, 2.05) is 29.8 Å². The molecule has 1 atom stereocenters. The van der Waals surface area contributed by atoms with Crippen LogP contribution >= 0.6 is 24.0 Å². The summed E-state index contributed by atoms with van der Waals surface area (Å²) in [5.41, 5.74) is 1.23. The van der Waals surface area contributed by atoms with Gasteiger partial charge in [-0.2, -0.15) is 5.10 Å². The number of nitrogens with zero attached hydrogens (tertiary/aromatic N) is 5. The van der Waals surface area contributed by atoms with Crippen molar-refractivity contribution in [2.45, 2.75) is 45.2 Å². The lowest BCUT2D eigenvalue weighted by Crippen LogP contribution is -2.42. The van der Waals surface area contributed by atoms with Crippen LogP contribution < -0.4 is 15.5 Å². The van der Waals surface area contributed by atoms with Crippen molar-refractivity contribution in [1.82, 2.24) is 25.4 Å². The van der Waals surface area contributed by atoms with Gasteiger partial charge in [0, 0.05) is 45.3 Å². The molecule has 4 rings (SSSR count). The Kier molecular flexibility index (Phi) is 9.59. The van der Waals surface area contributed by atoms with Crippen molar-refractivity contribution in [3.05, 3.63) is 66.1 Å². The minimum Gasteiger partial charge on any atom is -0.469 e. The molecule has 0 fully saturated rings. The molecule has 0 bridgehead atoms. The number of aliphatic imine (C=N–C) groups is 1. The fourth-order valence-corrected chi connectivity index (χ4v) is 3.99. The fourth-order valence-electron chi connectivity index (χ4n) is 3.99. The molecule has 9 heteroatoms. The average Bonchev–Trinajstić information content (AvgIpc) is 3.46. The molecular formula is C24H34IN7O. The molecule has 8 nitrogen and oxygen atoms in total. The van der Waals surface area contributed by atoms with Crippen molar-refractivity contribution in [2.75, 3.05) is 31.6 Å². The van der Waals surface area contributed by atoms with Crippen LogP contribution in [0.4, 0.5) is 5.69 Å². The zero-order valence-electron chi connectivity index (χ0n) is 19.4. The summed E-state index contributed by atoms with van der Waals surface area (Å²) in [5, 5.41) is 11.6. The third-order valence-corrected chi connectivity index (χ3v) is 5.65. The number of anilines is 1. The number of fused-ring (bicyclic) bond motifs is 1. The molecule has 2 aromatic heterocycles. The Labute approximate surface area is 212 Å². The Balaban J connectivity index is 0.00000306. The van der Waals surface area contributed by atoms with E-state index in [-0.39, 0.29) is 30.0 Å². The van der Waals surface area contributed by atoms with Gasteiger partial charge in [-0.15, -0.1) is 24.0 Å². The molecule has 3 heterocycles. The molecule has 0 radical (unpaired) electrons. The minimum atomic E-state index is 0. The Hall–Kier alpha value is -2.56. The van der Waals surface area contributed by atoms with Crippen LogP contribution in [0.3, 0.4) is 0 Å². The smallest absolute Gasteiger partial charge is 0.191 e. The molecule has 2 N–H and O–H groups in total. The van der Waals surface area contributed by atoms with Crippen molar-refractivity contribution in [2.24, 2.45) is 4.99 Å². The molecule has 1 aromatic carbocycles. The number of hydrogen-bond acceptors (Lipinski definition) is 5. The summed E-state index contributed by atoms with van der Waals surface area (Å²) >= 11 is 0. The number of halogens is 1. The van der Waals surface area contributed by atoms with Gasteiger partial charge in [0.05, 0.1) is 12.3 Å². The summed E-state index contributed by atoms with van der Waals surface area (Å²) < 4.78 is 7.47. The molecule has 0 saturated heterocycles. The monoisotopic (exact) mass is 563 g/mol. The quantitative estimate of drug-likeness (QED) is 0.178. The van der Waals surface area contributed by atoms with Gasteiger partial charge in [-0.25, -0.2) is 9.67 Å². The molecule has 0 spiro atoms. The lowest BCUT2D eigenvalue weighted by molar-refractivity contribution is 0.397. The number of nitrogens with one attached hydrogen (secondary N) is 2. The molecule has 33 heavy (non-hydrogen) atoms. The van der Waals surface area contributed by atoms with Crippen LogP contribution in [0.5, 0.6) is 0 Å². The normalized spacial score (nSPS) is 15.5. The topological polar surface area (TPSA) is 83.5 Å². The van der Waals surface area contributed by atoms with Crippen LogP contribution in [0.1, 0.15) is 42.7 Å². The summed E-state index contributed by atoms with van der Waals surface area (Å²) in [7, 11) is 2.12. The van der Waals surface area contributed by atoms with E-state index in [4.69, 9.17) is 9.41 Å². The maximum atomic E-state index is 5.45. The van der Waals surface area contributed by atoms with Gasteiger partial charge in [0.1, 0.15) is 17.4 Å². The van der Waals surface area contributed by atoms with Crippen molar-refractivity contribution in [1.29, 1.82) is 0 Å². The van der Waals surface area contributed by atoms with Gasteiger partial charge >= 0.3 is 0 Å². The van der Waals surface area contributed by atoms with E-state index in [9.17, 15) is 0 Å². The van der Waals surface area contributed by atoms with E-state index < -0.39 is 0 Å². The van der Waals surface area contributed by atoms with Gasteiger partial charge in [0.25, 0.3) is 0 Å². The van der Waals surface area contributed by atoms with E-state index >= 15 is 0 Å². The van der Waals surface area contributed by atoms with Gasteiger partial charge < -0.3 is 20.0 Å².